The van der Waals surface area contributed by atoms with Gasteiger partial charge >= 0.3 is 0 Å². The van der Waals surface area contributed by atoms with E-state index in [-0.39, 0.29) is 0 Å². The van der Waals surface area contributed by atoms with Crippen molar-refractivity contribution in [2.24, 2.45) is 17.8 Å². The van der Waals surface area contributed by atoms with Crippen LogP contribution in [0.2, 0.25) is 0 Å². The highest BCUT2D eigenvalue weighted by Crippen LogP contribution is 2.52. The molecule has 0 unspecified atom stereocenters. The molecule has 2 fully saturated rings. The Morgan fingerprint density at radius 2 is 1.92 bits per heavy atom. The molecule has 0 N–H and O–H groups in total. The normalized spacial score (nSPS) is 26.5. The zero-order valence-electron chi connectivity index (χ0n) is 16.0. The summed E-state index contributed by atoms with van der Waals surface area (Å²) < 4.78 is 8.24. The Balaban J connectivity index is 1.55. The van der Waals surface area contributed by atoms with E-state index in [1.54, 1.807) is 11.8 Å². The smallest absolute Gasteiger partial charge is 0.205 e. The van der Waals surface area contributed by atoms with Gasteiger partial charge in [-0.15, -0.1) is 0 Å². The molecule has 0 saturated heterocycles. The van der Waals surface area contributed by atoms with E-state index in [0.29, 0.717) is 6.04 Å². The van der Waals surface area contributed by atoms with Crippen molar-refractivity contribution in [1.82, 2.24) is 14.5 Å². The van der Waals surface area contributed by atoms with Crippen molar-refractivity contribution in [3.05, 3.63) is 28.7 Å². The summed E-state index contributed by atoms with van der Waals surface area (Å²) in [5.41, 5.74) is 3.46. The monoisotopic (exact) mass is 359 g/mol. The summed E-state index contributed by atoms with van der Waals surface area (Å²) in [6.07, 6.45) is 5.76. The van der Waals surface area contributed by atoms with E-state index >= 15 is 0 Å². The second-order valence-electron chi connectivity index (χ2n) is 8.05. The molecule has 2 saturated carbocycles. The maximum atomic E-state index is 5.74. The summed E-state index contributed by atoms with van der Waals surface area (Å²) in [5, 5.41) is 1.12. The summed E-state index contributed by atoms with van der Waals surface area (Å²) in [6.45, 7) is 10.7. The van der Waals surface area contributed by atoms with Gasteiger partial charge in [-0.3, -0.25) is 0 Å². The molecule has 4 atom stereocenters. The van der Waals surface area contributed by atoms with Gasteiger partial charge < -0.3 is 8.98 Å². The molecule has 2 aromatic rings. The molecule has 25 heavy (non-hydrogen) atoms. The third-order valence-corrected chi connectivity index (χ3v) is 7.51. The minimum atomic E-state index is 0.534. The molecule has 4 nitrogen and oxygen atoms in total. The first kappa shape index (κ1) is 17.2. The lowest BCUT2D eigenvalue weighted by Gasteiger charge is -2.30. The van der Waals surface area contributed by atoms with Crippen molar-refractivity contribution in [3.63, 3.8) is 0 Å². The second kappa shape index (κ2) is 6.49. The van der Waals surface area contributed by atoms with Crippen LogP contribution in [0.5, 0.6) is 0 Å². The zero-order valence-corrected chi connectivity index (χ0v) is 16.8. The predicted octanol–water partition coefficient (Wildman–Crippen LogP) is 5.39. The second-order valence-corrected chi connectivity index (χ2v) is 8.99. The van der Waals surface area contributed by atoms with Gasteiger partial charge in [0.15, 0.2) is 5.16 Å². The Labute approximate surface area is 154 Å². The van der Waals surface area contributed by atoms with Crippen LogP contribution in [0.4, 0.5) is 0 Å². The van der Waals surface area contributed by atoms with Crippen LogP contribution in [0.1, 0.15) is 67.4 Å². The van der Waals surface area contributed by atoms with Gasteiger partial charge in [-0.25, -0.2) is 9.97 Å². The third-order valence-electron chi connectivity index (χ3n) is 6.57. The number of oxazole rings is 1. The molecule has 4 rings (SSSR count). The van der Waals surface area contributed by atoms with E-state index in [0.717, 1.165) is 51.7 Å². The maximum absolute atomic E-state index is 5.74. The molecule has 0 spiro atoms. The lowest BCUT2D eigenvalue weighted by Crippen LogP contribution is -2.23. The average molecular weight is 360 g/mol. The predicted molar refractivity (Wildman–Crippen MR) is 101 cm³/mol. The summed E-state index contributed by atoms with van der Waals surface area (Å²) in [4.78, 5) is 9.38. The lowest BCUT2D eigenvalue weighted by atomic mass is 9.84. The van der Waals surface area contributed by atoms with Crippen molar-refractivity contribution in [3.8, 4) is 0 Å². The van der Waals surface area contributed by atoms with Crippen LogP contribution < -0.4 is 0 Å². The highest BCUT2D eigenvalue weighted by Gasteiger charge is 2.43. The van der Waals surface area contributed by atoms with Crippen molar-refractivity contribution >= 4 is 11.8 Å². The Kier molecular flexibility index (Phi) is 4.47. The zero-order chi connectivity index (χ0) is 17.7. The molecule has 0 aromatic carbocycles. The van der Waals surface area contributed by atoms with Gasteiger partial charge in [-0.1, -0.05) is 18.2 Å². The first-order valence-corrected chi connectivity index (χ1v) is 10.5. The van der Waals surface area contributed by atoms with Crippen LogP contribution >= 0.6 is 11.8 Å². The fourth-order valence-electron chi connectivity index (χ4n) is 4.98. The van der Waals surface area contributed by atoms with E-state index in [1.165, 1.54) is 31.4 Å². The highest BCUT2D eigenvalue weighted by atomic mass is 32.2. The van der Waals surface area contributed by atoms with Crippen LogP contribution in [-0.4, -0.2) is 14.5 Å². The number of aryl methyl sites for hydroxylation is 3. The molecular formula is C20H29N3OS. The van der Waals surface area contributed by atoms with Crippen molar-refractivity contribution in [1.29, 1.82) is 0 Å². The van der Waals surface area contributed by atoms with Gasteiger partial charge in [0.05, 0.1) is 17.1 Å². The van der Waals surface area contributed by atoms with Crippen LogP contribution in [0.3, 0.4) is 0 Å². The Morgan fingerprint density at radius 3 is 2.52 bits per heavy atom. The molecule has 0 radical (unpaired) electrons. The summed E-state index contributed by atoms with van der Waals surface area (Å²) >= 11 is 1.76. The SMILES string of the molecule is Cc1nc(CSc2nc(C)c(C)n2[C@@H](C)[C@H]2C[C@H]3CC[C@H]2C3)oc1C. The van der Waals surface area contributed by atoms with Gasteiger partial charge in [0.1, 0.15) is 5.76 Å². The van der Waals surface area contributed by atoms with Gasteiger partial charge in [0.2, 0.25) is 5.89 Å². The molecule has 2 bridgehead atoms. The average Bonchev–Trinajstić information content (AvgIpc) is 3.32. The van der Waals surface area contributed by atoms with Crippen LogP contribution in [-0.2, 0) is 5.75 Å². The number of aromatic nitrogens is 3. The molecule has 0 amide bonds. The van der Waals surface area contributed by atoms with Crippen molar-refractivity contribution in [2.45, 2.75) is 77.3 Å². The highest BCUT2D eigenvalue weighted by molar-refractivity contribution is 7.98. The van der Waals surface area contributed by atoms with E-state index in [1.807, 2.05) is 13.8 Å². The lowest BCUT2D eigenvalue weighted by molar-refractivity contribution is 0.232. The van der Waals surface area contributed by atoms with Gasteiger partial charge in [0, 0.05) is 11.7 Å². The topological polar surface area (TPSA) is 43.9 Å². The standard InChI is InChI=1S/C20H29N3OS/c1-11-13(3)23(14(4)18-9-16-6-7-17(18)8-16)20(22-11)25-10-19-21-12(2)15(5)24-19/h14,16-18H,6-10H2,1-5H3/t14-,16-,17-,18+/m0/s1. The van der Waals surface area contributed by atoms with E-state index in [4.69, 9.17) is 9.40 Å². The van der Waals surface area contributed by atoms with Crippen molar-refractivity contribution < 1.29 is 4.42 Å². The molecule has 0 aliphatic heterocycles. The molecule has 2 aromatic heterocycles. The maximum Gasteiger partial charge on any atom is 0.205 e. The van der Waals surface area contributed by atoms with Crippen molar-refractivity contribution in [2.75, 3.05) is 0 Å². The summed E-state index contributed by atoms with van der Waals surface area (Å²) in [6, 6.07) is 0.534. The Morgan fingerprint density at radius 1 is 1.12 bits per heavy atom. The van der Waals surface area contributed by atoms with Gasteiger partial charge in [0.25, 0.3) is 0 Å². The summed E-state index contributed by atoms with van der Waals surface area (Å²) in [5.74, 6) is 5.19. The minimum absolute atomic E-state index is 0.534. The Hall–Kier alpha value is -1.23. The number of imidazole rings is 1. The van der Waals surface area contributed by atoms with Crippen LogP contribution in [0.15, 0.2) is 9.57 Å². The van der Waals surface area contributed by atoms with E-state index < -0.39 is 0 Å². The number of fused-ring (bicyclic) bond motifs is 2. The number of hydrogen-bond donors (Lipinski definition) is 0. The van der Waals surface area contributed by atoms with E-state index in [2.05, 4.69) is 30.3 Å². The quantitative estimate of drug-likeness (QED) is 0.671. The summed E-state index contributed by atoms with van der Waals surface area (Å²) in [7, 11) is 0. The largest absolute Gasteiger partial charge is 0.445 e. The number of thioether (sulfide) groups is 1. The third kappa shape index (κ3) is 3.05. The first-order valence-electron chi connectivity index (χ1n) is 9.55. The Bertz CT molecular complexity index is 759. The van der Waals surface area contributed by atoms with Gasteiger partial charge in [-0.05, 0) is 71.6 Å². The van der Waals surface area contributed by atoms with Gasteiger partial charge in [-0.2, -0.15) is 0 Å². The molecule has 136 valence electrons. The molecular weight excluding hydrogens is 330 g/mol. The number of nitrogens with zero attached hydrogens (tertiary/aromatic N) is 3. The van der Waals surface area contributed by atoms with Crippen LogP contribution in [0.25, 0.3) is 0 Å². The van der Waals surface area contributed by atoms with Crippen LogP contribution in [0, 0.1) is 45.4 Å². The van der Waals surface area contributed by atoms with E-state index in [9.17, 15) is 0 Å². The fourth-order valence-corrected chi connectivity index (χ4v) is 6.00. The molecule has 2 aliphatic rings. The molecule has 2 heterocycles. The first-order chi connectivity index (χ1) is 11.9. The number of hydrogen-bond acceptors (Lipinski definition) is 4. The fraction of sp³-hybridized carbons (Fsp3) is 0.700. The molecule has 2 aliphatic carbocycles. The minimum Gasteiger partial charge on any atom is -0.445 e. The molecule has 5 heteroatoms. The number of rotatable bonds is 5.